The van der Waals surface area contributed by atoms with E-state index in [1.54, 1.807) is 31.5 Å². The van der Waals surface area contributed by atoms with Crippen molar-refractivity contribution in [3.05, 3.63) is 186 Å². The standard InChI is InChI=1S/C20H18N2O3.C7H9NO.C6H4O3.C5H5N.C2H6O.CH4.ClH/c1-3-7-17(8-4-1)15-23-21-13-19-11-12-20(25-19)14-22-24-16-18-9-5-2-6-10-18;8-9-6-7-4-2-1-3-5-7;7-3-5-1-2-6(4-8)9-5;1-2-4-6-5-3-1;1-2-3;;/h1-14H,15-16H2;1-5H,6,8H2;1-4H;1-5H;3H,2H2,1H3;1H4;1H/b21-13+,22-14+;;;;;;. The maximum Gasteiger partial charge on any atom is 0.185 e. The maximum atomic E-state index is 9.93. The summed E-state index contributed by atoms with van der Waals surface area (Å²) < 4.78 is 10.2. The lowest BCUT2D eigenvalue weighted by atomic mass is 10.2. The van der Waals surface area contributed by atoms with Gasteiger partial charge in [0.1, 0.15) is 37.2 Å². The molecule has 0 unspecified atom stereocenters. The molecular formula is C41H47ClN4O8. The normalized spacial score (nSPS) is 9.46. The molecule has 0 bridgehead atoms. The molecule has 3 aromatic carbocycles. The summed E-state index contributed by atoms with van der Waals surface area (Å²) in [5, 5.41) is 15.4. The van der Waals surface area contributed by atoms with Crippen LogP contribution in [0.2, 0.25) is 0 Å². The molecule has 3 N–H and O–H groups in total. The van der Waals surface area contributed by atoms with Gasteiger partial charge in [0.05, 0.1) is 6.61 Å². The Balaban J connectivity index is 0.000000792. The highest BCUT2D eigenvalue weighted by Crippen LogP contribution is 2.06. The Morgan fingerprint density at radius 1 is 0.593 bits per heavy atom. The molecule has 0 amide bonds. The van der Waals surface area contributed by atoms with Crippen molar-refractivity contribution in [2.24, 2.45) is 16.2 Å². The van der Waals surface area contributed by atoms with E-state index in [9.17, 15) is 9.59 Å². The number of oxime groups is 2. The van der Waals surface area contributed by atoms with Crippen LogP contribution in [0.3, 0.4) is 0 Å². The number of rotatable bonds is 12. The summed E-state index contributed by atoms with van der Waals surface area (Å²) in [6.45, 7) is 3.25. The van der Waals surface area contributed by atoms with Gasteiger partial charge in [-0.25, -0.2) is 5.90 Å². The SMILES string of the molecule is C.C(=N\OCc1ccccc1)/c1ccc(/C=N/OCc2ccccc2)o1.CCO.Cl.NOCc1ccccc1.O=Cc1ccc(C=O)o1.c1ccncc1. The Morgan fingerprint density at radius 2 is 0.926 bits per heavy atom. The fraction of sp³-hybridized carbons (Fsp3) is 0.146. The molecule has 0 saturated carbocycles. The average Bonchev–Trinajstić information content (AvgIpc) is 3.88. The van der Waals surface area contributed by atoms with Gasteiger partial charge in [-0.3, -0.25) is 19.4 Å². The van der Waals surface area contributed by atoms with Gasteiger partial charge in [-0.1, -0.05) is 115 Å². The van der Waals surface area contributed by atoms with Gasteiger partial charge >= 0.3 is 0 Å². The second-order valence-electron chi connectivity index (χ2n) is 9.84. The number of hydrogen-bond acceptors (Lipinski definition) is 12. The summed E-state index contributed by atoms with van der Waals surface area (Å²) >= 11 is 0. The Hall–Kier alpha value is -6.18. The van der Waals surface area contributed by atoms with Crippen LogP contribution in [-0.4, -0.2) is 41.7 Å². The second-order valence-corrected chi connectivity index (χ2v) is 9.84. The first-order valence-corrected chi connectivity index (χ1v) is 15.9. The lowest BCUT2D eigenvalue weighted by molar-refractivity contribution is 0.108. The maximum absolute atomic E-state index is 9.93. The summed E-state index contributed by atoms with van der Waals surface area (Å²) in [6, 6.07) is 41.6. The Kier molecular flexibility index (Phi) is 29.0. The monoisotopic (exact) mass is 758 g/mol. The van der Waals surface area contributed by atoms with Crippen molar-refractivity contribution in [1.29, 1.82) is 0 Å². The molecule has 3 heterocycles. The van der Waals surface area contributed by atoms with Crippen LogP contribution in [0.1, 0.15) is 63.7 Å². The molecule has 286 valence electrons. The second kappa shape index (κ2) is 32.7. The topological polar surface area (TPSA) is 172 Å². The number of aliphatic hydroxyl groups excluding tert-OH is 1. The lowest BCUT2D eigenvalue weighted by Gasteiger charge is -1.98. The van der Waals surface area contributed by atoms with Crippen molar-refractivity contribution in [1.82, 2.24) is 4.98 Å². The van der Waals surface area contributed by atoms with Crippen LogP contribution in [0.4, 0.5) is 0 Å². The van der Waals surface area contributed by atoms with Crippen LogP contribution in [0.15, 0.2) is 165 Å². The zero-order valence-corrected chi connectivity index (χ0v) is 29.9. The number of halogens is 1. The van der Waals surface area contributed by atoms with Crippen LogP contribution in [0, 0.1) is 0 Å². The van der Waals surface area contributed by atoms with Gasteiger partial charge in [0, 0.05) is 19.0 Å². The fourth-order valence-corrected chi connectivity index (χ4v) is 3.54. The first-order chi connectivity index (χ1) is 25.6. The molecule has 6 rings (SSSR count). The third-order valence-electron chi connectivity index (χ3n) is 5.84. The fourth-order valence-electron chi connectivity index (χ4n) is 3.54. The van der Waals surface area contributed by atoms with E-state index in [-0.39, 0.29) is 38.0 Å². The molecule has 54 heavy (non-hydrogen) atoms. The van der Waals surface area contributed by atoms with Crippen molar-refractivity contribution in [3.8, 4) is 0 Å². The zero-order valence-electron chi connectivity index (χ0n) is 29.1. The van der Waals surface area contributed by atoms with Crippen LogP contribution in [0.5, 0.6) is 0 Å². The summed E-state index contributed by atoms with van der Waals surface area (Å²) in [4.78, 5) is 38.5. The van der Waals surface area contributed by atoms with E-state index in [0.717, 1.165) is 16.7 Å². The van der Waals surface area contributed by atoms with E-state index in [1.165, 1.54) is 24.6 Å². The zero-order chi connectivity index (χ0) is 37.3. The Morgan fingerprint density at radius 3 is 1.22 bits per heavy atom. The van der Waals surface area contributed by atoms with Crippen molar-refractivity contribution in [3.63, 3.8) is 0 Å². The molecule has 3 aromatic heterocycles. The molecule has 0 saturated heterocycles. The molecule has 0 radical (unpaired) electrons. The smallest absolute Gasteiger partial charge is 0.185 e. The number of nitrogens with zero attached hydrogens (tertiary/aromatic N) is 3. The lowest BCUT2D eigenvalue weighted by Crippen LogP contribution is -1.97. The van der Waals surface area contributed by atoms with Crippen LogP contribution >= 0.6 is 12.4 Å². The number of aldehydes is 2. The number of hydrogen-bond donors (Lipinski definition) is 2. The summed E-state index contributed by atoms with van der Waals surface area (Å²) in [5.74, 6) is 6.38. The van der Waals surface area contributed by atoms with Crippen molar-refractivity contribution < 1.29 is 38.0 Å². The molecule has 12 nitrogen and oxygen atoms in total. The van der Waals surface area contributed by atoms with Gasteiger partial charge in [-0.15, -0.1) is 12.4 Å². The minimum Gasteiger partial charge on any atom is -0.454 e. The molecular weight excluding hydrogens is 712 g/mol. The van der Waals surface area contributed by atoms with Gasteiger partial charge < -0.3 is 23.6 Å². The largest absolute Gasteiger partial charge is 0.454 e. The van der Waals surface area contributed by atoms with E-state index < -0.39 is 0 Å². The molecule has 0 aliphatic carbocycles. The molecule has 0 atom stereocenters. The summed E-state index contributed by atoms with van der Waals surface area (Å²) in [6.07, 6.45) is 7.64. The van der Waals surface area contributed by atoms with Gasteiger partial charge in [0.15, 0.2) is 24.1 Å². The van der Waals surface area contributed by atoms with Gasteiger partial charge in [-0.2, -0.15) is 0 Å². The van der Waals surface area contributed by atoms with Crippen LogP contribution in [0.25, 0.3) is 0 Å². The highest BCUT2D eigenvalue weighted by Gasteiger charge is 1.98. The third-order valence-corrected chi connectivity index (χ3v) is 5.84. The quantitative estimate of drug-likeness (QED) is 0.0700. The Bertz CT molecular complexity index is 1670. The van der Waals surface area contributed by atoms with E-state index >= 15 is 0 Å². The minimum atomic E-state index is 0. The number of aromatic nitrogens is 1. The van der Waals surface area contributed by atoms with Gasteiger partial charge in [0.25, 0.3) is 0 Å². The highest BCUT2D eigenvalue weighted by atomic mass is 35.5. The molecule has 0 fully saturated rings. The van der Waals surface area contributed by atoms with Gasteiger partial charge in [0.2, 0.25) is 0 Å². The third kappa shape index (κ3) is 23.3. The van der Waals surface area contributed by atoms with Gasteiger partial charge in [-0.05, 0) is 60.0 Å². The molecule has 0 aliphatic heterocycles. The number of aliphatic hydroxyl groups is 1. The number of furan rings is 2. The highest BCUT2D eigenvalue weighted by molar-refractivity contribution is 5.85. The number of pyridine rings is 1. The minimum absolute atomic E-state index is 0. The predicted octanol–water partition coefficient (Wildman–Crippen LogP) is 8.50. The number of nitrogens with two attached hydrogens (primary N) is 1. The van der Waals surface area contributed by atoms with Crippen molar-refractivity contribution >= 4 is 37.4 Å². The molecule has 0 spiro atoms. The summed E-state index contributed by atoms with van der Waals surface area (Å²) in [7, 11) is 0. The molecule has 13 heteroatoms. The summed E-state index contributed by atoms with van der Waals surface area (Å²) in [5.41, 5.74) is 3.21. The van der Waals surface area contributed by atoms with E-state index in [2.05, 4.69) is 24.6 Å². The van der Waals surface area contributed by atoms with Crippen molar-refractivity contribution in [2.45, 2.75) is 34.2 Å². The van der Waals surface area contributed by atoms with E-state index in [0.29, 0.717) is 43.9 Å². The number of carbonyl (C=O) groups is 2. The number of carbonyl (C=O) groups excluding carboxylic acids is 2. The molecule has 6 aromatic rings. The van der Waals surface area contributed by atoms with E-state index in [4.69, 9.17) is 25.1 Å². The predicted molar refractivity (Wildman–Crippen MR) is 212 cm³/mol. The van der Waals surface area contributed by atoms with E-state index in [1.807, 2.05) is 109 Å². The van der Waals surface area contributed by atoms with Crippen LogP contribution in [-0.2, 0) is 34.3 Å². The van der Waals surface area contributed by atoms with Crippen LogP contribution < -0.4 is 5.90 Å². The average molecular weight is 759 g/mol. The first kappa shape index (κ1) is 47.8. The molecule has 0 aliphatic rings. The first-order valence-electron chi connectivity index (χ1n) is 15.9. The Labute approximate surface area is 322 Å². The number of benzene rings is 3. The van der Waals surface area contributed by atoms with Crippen molar-refractivity contribution in [2.75, 3.05) is 6.61 Å².